The first-order valence-corrected chi connectivity index (χ1v) is 21.5. The molecule has 2 aromatic heterocycles. The number of benzene rings is 1. The normalized spacial score (nSPS) is 32.8. The van der Waals surface area contributed by atoms with E-state index in [-0.39, 0.29) is 35.0 Å². The van der Waals surface area contributed by atoms with Crippen molar-refractivity contribution in [2.45, 2.75) is 114 Å². The molecule has 1 amide bonds. The van der Waals surface area contributed by atoms with E-state index in [4.69, 9.17) is 24.2 Å². The smallest absolute Gasteiger partial charge is 0.224 e. The van der Waals surface area contributed by atoms with Crippen LogP contribution in [0.2, 0.25) is 0 Å². The van der Waals surface area contributed by atoms with Crippen molar-refractivity contribution in [2.75, 3.05) is 20.7 Å². The number of methoxy groups -OCH3 is 1. The highest BCUT2D eigenvalue weighted by atomic mass is 32.2. The molecule has 0 radical (unpaired) electrons. The Morgan fingerprint density at radius 1 is 1.17 bits per heavy atom. The number of rotatable bonds is 9. The molecule has 3 unspecified atom stereocenters. The number of fused-ring (bicyclic) bond motifs is 3. The molecule has 53 heavy (non-hydrogen) atoms. The van der Waals surface area contributed by atoms with Crippen molar-refractivity contribution >= 4 is 38.2 Å². The number of amides is 1. The average molecular weight is 766 g/mol. The van der Waals surface area contributed by atoms with E-state index in [2.05, 4.69) is 41.4 Å². The molecule has 3 N–H and O–H groups in total. The molecule has 3 aliphatic carbocycles. The summed E-state index contributed by atoms with van der Waals surface area (Å²) in [5, 5.41) is 18.5. The molecular formula is C39H51N5O7S2. The van der Waals surface area contributed by atoms with Crippen LogP contribution in [-0.2, 0) is 19.6 Å². The molecule has 8 atom stereocenters. The van der Waals surface area contributed by atoms with E-state index in [1.807, 2.05) is 37.1 Å². The largest absolute Gasteiger partial charge is 0.496 e. The number of sulfonamides is 1. The number of carbonyl (C=O) groups is 1. The number of carbonyl (C=O) groups excluding carboxylic acids is 1. The van der Waals surface area contributed by atoms with Gasteiger partial charge in [0.2, 0.25) is 15.9 Å². The van der Waals surface area contributed by atoms with Crippen molar-refractivity contribution in [2.24, 2.45) is 17.8 Å². The molecule has 3 aromatic rings. The van der Waals surface area contributed by atoms with E-state index in [1.54, 1.807) is 18.4 Å². The lowest BCUT2D eigenvalue weighted by molar-refractivity contribution is -0.131. The van der Waals surface area contributed by atoms with E-state index in [1.165, 1.54) is 0 Å². The summed E-state index contributed by atoms with van der Waals surface area (Å²) in [5.41, 5.74) is 2.67. The maximum Gasteiger partial charge on any atom is 0.224 e. The number of aliphatic hydroxyl groups excluding tert-OH is 1. The van der Waals surface area contributed by atoms with Gasteiger partial charge in [0.25, 0.3) is 0 Å². The molecule has 3 saturated carbocycles. The van der Waals surface area contributed by atoms with Gasteiger partial charge in [-0.3, -0.25) is 9.69 Å². The summed E-state index contributed by atoms with van der Waals surface area (Å²) in [7, 11) is 0.112. The predicted molar refractivity (Wildman–Crippen MR) is 203 cm³/mol. The van der Waals surface area contributed by atoms with E-state index < -0.39 is 40.0 Å². The first kappa shape index (κ1) is 36.8. The number of nitrogens with zero attached hydrogens (tertiary/aromatic N) is 3. The Morgan fingerprint density at radius 3 is 2.72 bits per heavy atom. The molecule has 0 spiro atoms. The van der Waals surface area contributed by atoms with Crippen LogP contribution in [0.25, 0.3) is 21.6 Å². The van der Waals surface area contributed by atoms with Crippen LogP contribution in [0.4, 0.5) is 0 Å². The summed E-state index contributed by atoms with van der Waals surface area (Å²) in [5.74, 6) is 0.617. The maximum atomic E-state index is 14.5. The summed E-state index contributed by atoms with van der Waals surface area (Å²) in [6, 6.07) is 5.83. The van der Waals surface area contributed by atoms with Gasteiger partial charge in [0.05, 0.1) is 35.2 Å². The van der Waals surface area contributed by atoms with Crippen LogP contribution in [0.3, 0.4) is 0 Å². The minimum absolute atomic E-state index is 0.0400. The number of thiazole rings is 1. The standard InChI is InChI=1S/C39H51N5O7S2/c1-21(2)30-20-52-37(41-30)29-18-32(26-13-14-31(49-5)22(3)33(26)40-29)50-24-16-27-28(17-24)38(46)44(4)15-9-7-6-8-10-23-19-39(23,42-35(27)45)34-36(51-34)43-53(47,48)25-11-12-25/h8,10,13-14,18,20-21,23-25,27-28,34,36,38,43,46H,6-7,9,11-12,15-17,19H2,1-5H3,(H,42,45)/b10-8+/t23-,24-,27-,28-,34?,36?,38?,39-/m1/s1. The maximum absolute atomic E-state index is 14.5. The van der Waals surface area contributed by atoms with Gasteiger partial charge >= 0.3 is 0 Å². The molecule has 2 aliphatic heterocycles. The minimum atomic E-state index is -3.45. The molecule has 286 valence electrons. The first-order valence-electron chi connectivity index (χ1n) is 19.0. The summed E-state index contributed by atoms with van der Waals surface area (Å²) in [6.07, 6.45) is 7.67. The van der Waals surface area contributed by atoms with E-state index in [0.29, 0.717) is 50.1 Å². The van der Waals surface area contributed by atoms with Gasteiger partial charge in [0.1, 0.15) is 40.8 Å². The minimum Gasteiger partial charge on any atom is -0.496 e. The van der Waals surface area contributed by atoms with Crippen molar-refractivity contribution in [3.05, 3.63) is 47.0 Å². The van der Waals surface area contributed by atoms with Crippen LogP contribution in [-0.4, -0.2) is 90.5 Å². The van der Waals surface area contributed by atoms with Gasteiger partial charge in [0, 0.05) is 46.7 Å². The van der Waals surface area contributed by atoms with Gasteiger partial charge in [-0.15, -0.1) is 11.3 Å². The Hall–Kier alpha value is -3.14. The zero-order chi connectivity index (χ0) is 37.2. The van der Waals surface area contributed by atoms with Crippen LogP contribution < -0.4 is 19.5 Å². The van der Waals surface area contributed by atoms with Crippen LogP contribution in [0.5, 0.6) is 11.5 Å². The van der Waals surface area contributed by atoms with E-state index in [0.717, 1.165) is 52.2 Å². The summed E-state index contributed by atoms with van der Waals surface area (Å²) < 4.78 is 46.7. The molecule has 14 heteroatoms. The third-order valence-corrected chi connectivity index (χ3v) is 14.7. The summed E-state index contributed by atoms with van der Waals surface area (Å²) in [4.78, 5) is 26.4. The number of hydrogen-bond donors (Lipinski definition) is 3. The van der Waals surface area contributed by atoms with Crippen molar-refractivity contribution < 1.29 is 32.5 Å². The highest BCUT2D eigenvalue weighted by Crippen LogP contribution is 2.55. The summed E-state index contributed by atoms with van der Waals surface area (Å²) in [6.45, 7) is 6.93. The topological polar surface area (TPSA) is 156 Å². The van der Waals surface area contributed by atoms with Gasteiger partial charge in [0.15, 0.2) is 0 Å². The molecule has 1 aromatic carbocycles. The molecule has 4 fully saturated rings. The van der Waals surface area contributed by atoms with Crippen molar-refractivity contribution in [1.82, 2.24) is 24.9 Å². The third-order valence-electron chi connectivity index (χ3n) is 11.9. The lowest BCUT2D eigenvalue weighted by Crippen LogP contribution is -2.50. The molecule has 0 bridgehead atoms. The molecular weight excluding hydrogens is 715 g/mol. The van der Waals surface area contributed by atoms with Crippen LogP contribution in [0.15, 0.2) is 35.7 Å². The number of aliphatic hydroxyl groups is 1. The summed E-state index contributed by atoms with van der Waals surface area (Å²) >= 11 is 1.55. The number of aryl methyl sites for hydroxylation is 1. The second-order valence-electron chi connectivity index (χ2n) is 16.0. The highest BCUT2D eigenvalue weighted by Gasteiger charge is 2.69. The fraction of sp³-hybridized carbons (Fsp3) is 0.615. The van der Waals surface area contributed by atoms with Crippen LogP contribution >= 0.6 is 11.3 Å². The number of ether oxygens (including phenoxy) is 3. The molecule has 12 nitrogen and oxygen atoms in total. The molecule has 8 rings (SSSR count). The SMILES string of the molecule is COc1ccc2c(O[C@@H]3C[C@H]4C(=O)N[C@]5(C6OC6NS(=O)(=O)C6CC6)C[C@H]5/C=C/CCCCN(C)C(O)[C@@H]4C3)cc(-c3nc(C(C)C)cs3)nc2c1C. The van der Waals surface area contributed by atoms with Crippen molar-refractivity contribution in [3.63, 3.8) is 0 Å². The lowest BCUT2D eigenvalue weighted by atomic mass is 9.91. The number of pyridine rings is 1. The first-order chi connectivity index (χ1) is 25.4. The van der Waals surface area contributed by atoms with Gasteiger partial charge in [-0.25, -0.2) is 18.4 Å². The second kappa shape index (κ2) is 14.2. The highest BCUT2D eigenvalue weighted by molar-refractivity contribution is 7.90. The Labute approximate surface area is 315 Å². The van der Waals surface area contributed by atoms with Crippen LogP contribution in [0, 0.1) is 24.7 Å². The average Bonchev–Trinajstić information content (AvgIpc) is 4.09. The Bertz CT molecular complexity index is 2020. The lowest BCUT2D eigenvalue weighted by Gasteiger charge is -2.32. The zero-order valence-corrected chi connectivity index (χ0v) is 32.7. The number of nitrogens with one attached hydrogen (secondary N) is 2. The van der Waals surface area contributed by atoms with Gasteiger partial charge in [-0.1, -0.05) is 26.0 Å². The quantitative estimate of drug-likeness (QED) is 0.195. The third kappa shape index (κ3) is 7.22. The zero-order valence-electron chi connectivity index (χ0n) is 31.1. The van der Waals surface area contributed by atoms with E-state index in [9.17, 15) is 18.3 Å². The number of epoxide rings is 1. The van der Waals surface area contributed by atoms with Gasteiger partial charge < -0.3 is 24.6 Å². The Balaban J connectivity index is 1.09. The molecule has 1 saturated heterocycles. The Morgan fingerprint density at radius 2 is 1.98 bits per heavy atom. The van der Waals surface area contributed by atoms with Gasteiger partial charge in [-0.2, -0.15) is 4.72 Å². The predicted octanol–water partition coefficient (Wildman–Crippen LogP) is 5.24. The molecule has 5 aliphatic rings. The number of hydrogen-bond acceptors (Lipinski definition) is 11. The van der Waals surface area contributed by atoms with Crippen molar-refractivity contribution in [3.8, 4) is 22.2 Å². The van der Waals surface area contributed by atoms with Crippen LogP contribution in [0.1, 0.15) is 82.4 Å². The molecule has 4 heterocycles. The Kier molecular flexibility index (Phi) is 9.85. The fourth-order valence-electron chi connectivity index (χ4n) is 8.39. The number of allylic oxidation sites excluding steroid dienone is 1. The van der Waals surface area contributed by atoms with Gasteiger partial charge in [-0.05, 0) is 83.4 Å². The number of aromatic nitrogens is 2. The van der Waals surface area contributed by atoms with E-state index >= 15 is 0 Å². The monoisotopic (exact) mass is 765 g/mol. The second-order valence-corrected chi connectivity index (χ2v) is 18.9. The fourth-order valence-corrected chi connectivity index (χ4v) is 10.8. The van der Waals surface area contributed by atoms with Crippen molar-refractivity contribution in [1.29, 1.82) is 0 Å².